The molecule has 2 N–H and O–H groups in total. The van der Waals surface area contributed by atoms with Gasteiger partial charge in [-0.3, -0.25) is 9.59 Å². The van der Waals surface area contributed by atoms with E-state index in [4.69, 9.17) is 21.3 Å². The Labute approximate surface area is 251 Å². The zero-order chi connectivity index (χ0) is 30.1. The third-order valence-corrected chi connectivity index (χ3v) is 7.75. The molecule has 9 nitrogen and oxygen atoms in total. The van der Waals surface area contributed by atoms with Crippen molar-refractivity contribution in [3.8, 4) is 11.3 Å². The number of para-hydroxylation sites is 1. The molecule has 12 heteroatoms. The topological polar surface area (TPSA) is 99.7 Å². The minimum Gasteiger partial charge on any atom is -0.468 e. The Morgan fingerprint density at radius 3 is 2.58 bits per heavy atom. The maximum atomic E-state index is 14.8. The fourth-order valence-electron chi connectivity index (χ4n) is 5.39. The lowest BCUT2D eigenvalue weighted by Gasteiger charge is -2.32. The molecule has 1 saturated heterocycles. The number of amides is 1. The molecule has 1 fully saturated rings. The first-order chi connectivity index (χ1) is 20.8. The van der Waals surface area contributed by atoms with E-state index >= 15 is 0 Å². The van der Waals surface area contributed by atoms with Gasteiger partial charge in [0, 0.05) is 54.2 Å². The van der Waals surface area contributed by atoms with Gasteiger partial charge in [0.05, 0.1) is 18.5 Å². The van der Waals surface area contributed by atoms with Crippen LogP contribution in [-0.4, -0.2) is 66.1 Å². The molecule has 1 unspecified atom stereocenters. The molecular formula is C31H27ClF2N6O3. The number of halogens is 3. The number of aromatic nitrogens is 2. The van der Waals surface area contributed by atoms with Crippen LogP contribution in [0, 0.1) is 11.6 Å². The van der Waals surface area contributed by atoms with E-state index < -0.39 is 23.6 Å². The van der Waals surface area contributed by atoms with Gasteiger partial charge in [-0.25, -0.2) is 18.7 Å². The number of nitrogens with zero attached hydrogens (tertiary/aromatic N) is 4. The third-order valence-electron chi connectivity index (χ3n) is 7.52. The monoisotopic (exact) mass is 604 g/mol. The number of nitrogens with one attached hydrogen (secondary N) is 2. The number of hydrogen-bond donors (Lipinski definition) is 2. The second kappa shape index (κ2) is 11.9. The van der Waals surface area contributed by atoms with Gasteiger partial charge in [-0.2, -0.15) is 0 Å². The fourth-order valence-corrected chi connectivity index (χ4v) is 5.55. The number of rotatable bonds is 5. The van der Waals surface area contributed by atoms with Crippen molar-refractivity contribution in [3.05, 3.63) is 94.6 Å². The van der Waals surface area contributed by atoms with Gasteiger partial charge in [0.15, 0.2) is 0 Å². The summed E-state index contributed by atoms with van der Waals surface area (Å²) in [7, 11) is 1.32. The predicted molar refractivity (Wildman–Crippen MR) is 159 cm³/mol. The molecule has 3 aromatic carbocycles. The minimum atomic E-state index is -0.674. The lowest BCUT2D eigenvalue weighted by molar-refractivity contribution is -0.144. The lowest BCUT2D eigenvalue weighted by Crippen LogP contribution is -2.56. The highest BCUT2D eigenvalue weighted by molar-refractivity contribution is 6.31. The van der Waals surface area contributed by atoms with Gasteiger partial charge in [-0.1, -0.05) is 17.7 Å². The van der Waals surface area contributed by atoms with Crippen molar-refractivity contribution in [3.63, 3.8) is 0 Å². The number of piperazine rings is 1. The van der Waals surface area contributed by atoms with Crippen LogP contribution in [-0.2, 0) is 16.0 Å². The van der Waals surface area contributed by atoms with Crippen LogP contribution in [0.3, 0.4) is 0 Å². The molecule has 2 aliphatic heterocycles. The fraction of sp³-hybridized carbons (Fsp3) is 0.226. The van der Waals surface area contributed by atoms with E-state index in [1.165, 1.54) is 25.3 Å². The smallest absolute Gasteiger partial charge is 0.324 e. The van der Waals surface area contributed by atoms with E-state index in [0.717, 1.165) is 5.56 Å². The van der Waals surface area contributed by atoms with Gasteiger partial charge < -0.3 is 25.2 Å². The Hall–Kier alpha value is -4.61. The normalized spacial score (nSPS) is 16.1. The summed E-state index contributed by atoms with van der Waals surface area (Å²) in [5, 5.41) is 6.66. The van der Waals surface area contributed by atoms with Crippen LogP contribution < -0.4 is 15.5 Å². The Balaban J connectivity index is 1.25. The summed E-state index contributed by atoms with van der Waals surface area (Å²) in [6, 6.07) is 15.3. The molecule has 1 aromatic heterocycles. The summed E-state index contributed by atoms with van der Waals surface area (Å²) in [5.41, 5.74) is 3.61. The summed E-state index contributed by atoms with van der Waals surface area (Å²) in [6.45, 7) is 1.48. The number of hydrogen-bond acceptors (Lipinski definition) is 8. The first-order valence-electron chi connectivity index (χ1n) is 13.7. The van der Waals surface area contributed by atoms with Crippen LogP contribution in [0.25, 0.3) is 11.3 Å². The van der Waals surface area contributed by atoms with Gasteiger partial charge in [0.25, 0.3) is 5.91 Å². The Kier molecular flexibility index (Phi) is 7.92. The number of methoxy groups -OCH3 is 1. The number of ether oxygens (including phenoxy) is 1. The van der Waals surface area contributed by atoms with Crippen molar-refractivity contribution >= 4 is 46.5 Å². The largest absolute Gasteiger partial charge is 0.468 e. The molecule has 6 rings (SSSR count). The molecule has 0 aliphatic carbocycles. The number of benzene rings is 3. The molecule has 0 spiro atoms. The molecule has 4 aromatic rings. The SMILES string of the molecule is COC(=O)C1CN(C(=O)c2ccc(Nc3ncc4c(n3)-c3ccc(Cl)cc3N(c3c(F)cccc3F)CC4)cc2)CCN1. The predicted octanol–water partition coefficient (Wildman–Crippen LogP) is 5.10. The second-order valence-corrected chi connectivity index (χ2v) is 10.6. The first kappa shape index (κ1) is 28.5. The lowest BCUT2D eigenvalue weighted by atomic mass is 10.0. The number of esters is 1. The molecule has 2 aliphatic rings. The van der Waals surface area contributed by atoms with Crippen molar-refractivity contribution in [2.45, 2.75) is 12.5 Å². The molecule has 220 valence electrons. The minimum absolute atomic E-state index is 0.151. The van der Waals surface area contributed by atoms with E-state index in [2.05, 4.69) is 15.6 Å². The summed E-state index contributed by atoms with van der Waals surface area (Å²) < 4.78 is 34.5. The Morgan fingerprint density at radius 2 is 1.84 bits per heavy atom. The van der Waals surface area contributed by atoms with E-state index in [1.807, 2.05) is 0 Å². The van der Waals surface area contributed by atoms with Crippen molar-refractivity contribution in [1.29, 1.82) is 0 Å². The van der Waals surface area contributed by atoms with Crippen LogP contribution in [0.15, 0.2) is 66.9 Å². The number of fused-ring (bicyclic) bond motifs is 3. The highest BCUT2D eigenvalue weighted by Gasteiger charge is 2.29. The first-order valence-corrected chi connectivity index (χ1v) is 14.0. The number of carbonyl (C=O) groups excluding carboxylic acids is 2. The highest BCUT2D eigenvalue weighted by atomic mass is 35.5. The number of anilines is 4. The van der Waals surface area contributed by atoms with Gasteiger partial charge in [0.1, 0.15) is 23.4 Å². The van der Waals surface area contributed by atoms with Crippen LogP contribution in [0.1, 0.15) is 15.9 Å². The molecule has 0 saturated carbocycles. The maximum Gasteiger partial charge on any atom is 0.324 e. The quantitative estimate of drug-likeness (QED) is 0.304. The molecule has 1 amide bonds. The summed E-state index contributed by atoms with van der Waals surface area (Å²) in [6.07, 6.45) is 2.14. The molecule has 3 heterocycles. The molecule has 0 radical (unpaired) electrons. The maximum absolute atomic E-state index is 14.8. The summed E-state index contributed by atoms with van der Waals surface area (Å²) >= 11 is 6.33. The molecule has 1 atom stereocenters. The van der Waals surface area contributed by atoms with Crippen LogP contribution in [0.4, 0.5) is 31.8 Å². The van der Waals surface area contributed by atoms with E-state index in [-0.39, 0.29) is 24.7 Å². The van der Waals surface area contributed by atoms with Crippen molar-refractivity contribution < 1.29 is 23.1 Å². The third kappa shape index (κ3) is 5.73. The van der Waals surface area contributed by atoms with Gasteiger partial charge in [-0.15, -0.1) is 0 Å². The average molecular weight is 605 g/mol. The van der Waals surface area contributed by atoms with Crippen LogP contribution in [0.5, 0.6) is 0 Å². The average Bonchev–Trinajstić information content (AvgIpc) is 3.17. The molecular weight excluding hydrogens is 578 g/mol. The zero-order valence-corrected chi connectivity index (χ0v) is 23.9. The van der Waals surface area contributed by atoms with E-state index in [1.54, 1.807) is 58.5 Å². The van der Waals surface area contributed by atoms with Gasteiger partial charge in [-0.05, 0) is 66.6 Å². The second-order valence-electron chi connectivity index (χ2n) is 10.2. The molecule has 0 bridgehead atoms. The van der Waals surface area contributed by atoms with Gasteiger partial charge >= 0.3 is 5.97 Å². The van der Waals surface area contributed by atoms with Crippen molar-refractivity contribution in [2.24, 2.45) is 0 Å². The van der Waals surface area contributed by atoms with E-state index in [9.17, 15) is 18.4 Å². The van der Waals surface area contributed by atoms with Crippen molar-refractivity contribution in [2.75, 3.05) is 43.5 Å². The van der Waals surface area contributed by atoms with Crippen LogP contribution in [0.2, 0.25) is 5.02 Å². The summed E-state index contributed by atoms with van der Waals surface area (Å²) in [4.78, 5) is 37.4. The molecule has 43 heavy (non-hydrogen) atoms. The highest BCUT2D eigenvalue weighted by Crippen LogP contribution is 2.42. The van der Waals surface area contributed by atoms with Crippen molar-refractivity contribution in [1.82, 2.24) is 20.2 Å². The number of carbonyl (C=O) groups is 2. The van der Waals surface area contributed by atoms with Crippen LogP contribution >= 0.6 is 11.6 Å². The van der Waals surface area contributed by atoms with E-state index in [0.29, 0.717) is 58.7 Å². The standard InChI is InChI=1S/C31H27ClF2N6O3/c1-43-30(42)25-17-39(14-12-35-25)29(41)18-5-8-21(9-6-18)37-31-36-16-19-11-13-40(28-23(33)3-2-4-24(28)34)26-15-20(32)7-10-22(26)27(19)38-31/h2-10,15-16,25,35H,11-14,17H2,1H3,(H,36,37,38). The zero-order valence-electron chi connectivity index (χ0n) is 23.1. The van der Waals surface area contributed by atoms with Gasteiger partial charge in [0.2, 0.25) is 5.95 Å². The Bertz CT molecular complexity index is 1680. The summed E-state index contributed by atoms with van der Waals surface area (Å²) in [5.74, 6) is -1.63. The Morgan fingerprint density at radius 1 is 1.07 bits per heavy atom.